The number of amides is 1. The smallest absolute Gasteiger partial charge is 0.222 e. The van der Waals surface area contributed by atoms with Crippen molar-refractivity contribution in [3.05, 3.63) is 42.0 Å². The fraction of sp³-hybridized carbons (Fsp3) is 0.526. The lowest BCUT2D eigenvalue weighted by Crippen LogP contribution is -2.41. The number of fused-ring (bicyclic) bond motifs is 1. The summed E-state index contributed by atoms with van der Waals surface area (Å²) in [7, 11) is 0. The van der Waals surface area contributed by atoms with Gasteiger partial charge in [0.2, 0.25) is 5.91 Å². The number of nitrogens with one attached hydrogen (secondary N) is 1. The van der Waals surface area contributed by atoms with Gasteiger partial charge in [-0.25, -0.2) is 0 Å². The van der Waals surface area contributed by atoms with Gasteiger partial charge in [0.05, 0.1) is 0 Å². The van der Waals surface area contributed by atoms with Crippen LogP contribution in [0.3, 0.4) is 0 Å². The van der Waals surface area contributed by atoms with Gasteiger partial charge in [-0.3, -0.25) is 4.79 Å². The third-order valence-electron chi connectivity index (χ3n) is 5.00. The standard InChI is InChI=1S/C19H26N2O2/c1-14-6-8-16-4-2-3-5-18(16)21(14)11-10-19(23)20-17-9-7-15(12-17)13-22/h2-5,7,9,14-15,17,22H,6,8,10-13H2,1H3,(H,20,23)/t14-,15-,17+/m0/s1. The molecule has 0 aromatic heterocycles. The SMILES string of the molecule is C[C@H]1CCc2ccccc2N1CCC(=O)N[C@@H]1C=C[C@H](CO)C1. The first kappa shape index (κ1) is 16.1. The van der Waals surface area contributed by atoms with Crippen molar-refractivity contribution in [2.45, 2.75) is 44.7 Å². The molecule has 0 spiro atoms. The summed E-state index contributed by atoms with van der Waals surface area (Å²) < 4.78 is 0. The van der Waals surface area contributed by atoms with Gasteiger partial charge >= 0.3 is 0 Å². The zero-order chi connectivity index (χ0) is 16.2. The van der Waals surface area contributed by atoms with Gasteiger partial charge in [-0.2, -0.15) is 0 Å². The van der Waals surface area contributed by atoms with E-state index in [-0.39, 0.29) is 24.5 Å². The van der Waals surface area contributed by atoms with E-state index < -0.39 is 0 Å². The highest BCUT2D eigenvalue weighted by Crippen LogP contribution is 2.30. The van der Waals surface area contributed by atoms with Gasteiger partial charge in [0.15, 0.2) is 0 Å². The number of carbonyl (C=O) groups excluding carboxylic acids is 1. The topological polar surface area (TPSA) is 52.6 Å². The van der Waals surface area contributed by atoms with E-state index in [1.807, 2.05) is 12.2 Å². The van der Waals surface area contributed by atoms with Crippen LogP contribution >= 0.6 is 0 Å². The van der Waals surface area contributed by atoms with Gasteiger partial charge in [0.25, 0.3) is 0 Å². The number of hydrogen-bond donors (Lipinski definition) is 2. The normalized spacial score (nSPS) is 26.2. The molecule has 0 fully saturated rings. The van der Waals surface area contributed by atoms with Crippen molar-refractivity contribution in [1.29, 1.82) is 0 Å². The van der Waals surface area contributed by atoms with E-state index in [9.17, 15) is 4.79 Å². The molecule has 1 amide bonds. The Morgan fingerprint density at radius 3 is 2.96 bits per heavy atom. The number of rotatable bonds is 5. The summed E-state index contributed by atoms with van der Waals surface area (Å²) in [5, 5.41) is 12.2. The first-order valence-electron chi connectivity index (χ1n) is 8.60. The van der Waals surface area contributed by atoms with E-state index in [0.29, 0.717) is 12.5 Å². The molecule has 0 radical (unpaired) electrons. The van der Waals surface area contributed by atoms with Crippen molar-refractivity contribution in [3.8, 4) is 0 Å². The van der Waals surface area contributed by atoms with E-state index in [4.69, 9.17) is 5.11 Å². The zero-order valence-electron chi connectivity index (χ0n) is 13.7. The molecule has 23 heavy (non-hydrogen) atoms. The maximum atomic E-state index is 12.2. The van der Waals surface area contributed by atoms with E-state index in [1.165, 1.54) is 11.3 Å². The van der Waals surface area contributed by atoms with Crippen LogP contribution in [0.4, 0.5) is 5.69 Å². The number of anilines is 1. The van der Waals surface area contributed by atoms with Crippen molar-refractivity contribution in [2.24, 2.45) is 5.92 Å². The summed E-state index contributed by atoms with van der Waals surface area (Å²) in [6, 6.07) is 9.06. The summed E-state index contributed by atoms with van der Waals surface area (Å²) in [6.07, 6.45) is 7.57. The Hall–Kier alpha value is -1.81. The minimum atomic E-state index is 0.0747. The summed E-state index contributed by atoms with van der Waals surface area (Å²) in [6.45, 7) is 3.15. The van der Waals surface area contributed by atoms with Crippen LogP contribution in [0.25, 0.3) is 0 Å². The largest absolute Gasteiger partial charge is 0.396 e. The Bertz CT molecular complexity index is 584. The lowest BCUT2D eigenvalue weighted by atomic mass is 9.96. The molecule has 1 heterocycles. The number of carbonyl (C=O) groups is 1. The van der Waals surface area contributed by atoms with E-state index in [2.05, 4.69) is 41.4 Å². The highest BCUT2D eigenvalue weighted by molar-refractivity contribution is 5.77. The molecule has 0 saturated carbocycles. The Morgan fingerprint density at radius 1 is 1.35 bits per heavy atom. The van der Waals surface area contributed by atoms with E-state index >= 15 is 0 Å². The Morgan fingerprint density at radius 2 is 2.17 bits per heavy atom. The van der Waals surface area contributed by atoms with Gasteiger partial charge in [0, 0.05) is 43.3 Å². The maximum absolute atomic E-state index is 12.2. The van der Waals surface area contributed by atoms with Gasteiger partial charge in [-0.15, -0.1) is 0 Å². The number of para-hydroxylation sites is 1. The average Bonchev–Trinajstić information content (AvgIpc) is 3.01. The van der Waals surface area contributed by atoms with Crippen molar-refractivity contribution >= 4 is 11.6 Å². The van der Waals surface area contributed by atoms with Crippen LogP contribution in [0, 0.1) is 5.92 Å². The Balaban J connectivity index is 1.54. The molecular weight excluding hydrogens is 288 g/mol. The second-order valence-corrected chi connectivity index (χ2v) is 6.70. The van der Waals surface area contributed by atoms with Crippen LogP contribution in [0.5, 0.6) is 0 Å². The molecule has 1 aromatic rings. The fourth-order valence-electron chi connectivity index (χ4n) is 3.62. The monoisotopic (exact) mass is 314 g/mol. The van der Waals surface area contributed by atoms with Gasteiger partial charge in [0.1, 0.15) is 0 Å². The zero-order valence-corrected chi connectivity index (χ0v) is 13.7. The number of aliphatic hydroxyl groups is 1. The molecule has 1 aliphatic heterocycles. The maximum Gasteiger partial charge on any atom is 0.222 e. The average molecular weight is 314 g/mol. The minimum absolute atomic E-state index is 0.0747. The molecular formula is C19H26N2O2. The van der Waals surface area contributed by atoms with Crippen molar-refractivity contribution < 1.29 is 9.90 Å². The van der Waals surface area contributed by atoms with Crippen LogP contribution < -0.4 is 10.2 Å². The molecule has 3 atom stereocenters. The molecule has 4 nitrogen and oxygen atoms in total. The minimum Gasteiger partial charge on any atom is -0.396 e. The van der Waals surface area contributed by atoms with Crippen LogP contribution in [-0.2, 0) is 11.2 Å². The number of nitrogens with zero attached hydrogens (tertiary/aromatic N) is 1. The summed E-state index contributed by atoms with van der Waals surface area (Å²) in [5.74, 6) is 0.280. The lowest BCUT2D eigenvalue weighted by Gasteiger charge is -2.37. The second kappa shape index (κ2) is 7.18. The van der Waals surface area contributed by atoms with Crippen molar-refractivity contribution in [1.82, 2.24) is 5.32 Å². The van der Waals surface area contributed by atoms with Crippen LogP contribution in [0.15, 0.2) is 36.4 Å². The van der Waals surface area contributed by atoms with Gasteiger partial charge in [-0.1, -0.05) is 30.4 Å². The van der Waals surface area contributed by atoms with Gasteiger partial charge < -0.3 is 15.3 Å². The quantitative estimate of drug-likeness (QED) is 0.820. The number of aryl methyl sites for hydroxylation is 1. The fourth-order valence-corrected chi connectivity index (χ4v) is 3.62. The molecule has 4 heteroatoms. The first-order valence-corrected chi connectivity index (χ1v) is 8.60. The number of benzene rings is 1. The molecule has 0 unspecified atom stereocenters. The third-order valence-corrected chi connectivity index (χ3v) is 5.00. The summed E-state index contributed by atoms with van der Waals surface area (Å²) in [4.78, 5) is 14.6. The molecule has 124 valence electrons. The van der Waals surface area contributed by atoms with Gasteiger partial charge in [-0.05, 0) is 37.8 Å². The first-order chi connectivity index (χ1) is 11.2. The molecule has 1 aliphatic carbocycles. The number of hydrogen-bond acceptors (Lipinski definition) is 3. The highest BCUT2D eigenvalue weighted by Gasteiger charge is 2.24. The summed E-state index contributed by atoms with van der Waals surface area (Å²) >= 11 is 0. The number of aliphatic hydroxyl groups excluding tert-OH is 1. The highest BCUT2D eigenvalue weighted by atomic mass is 16.3. The molecule has 2 N–H and O–H groups in total. The van der Waals surface area contributed by atoms with Crippen LogP contribution in [0.2, 0.25) is 0 Å². The van der Waals surface area contributed by atoms with Crippen molar-refractivity contribution in [3.63, 3.8) is 0 Å². The molecule has 0 bridgehead atoms. The molecule has 2 aliphatic rings. The van der Waals surface area contributed by atoms with Crippen molar-refractivity contribution in [2.75, 3.05) is 18.1 Å². The molecule has 0 saturated heterocycles. The Kier molecular flexibility index (Phi) is 5.01. The lowest BCUT2D eigenvalue weighted by molar-refractivity contribution is -0.121. The molecule has 1 aromatic carbocycles. The molecule has 3 rings (SSSR count). The predicted octanol–water partition coefficient (Wildman–Crippen LogP) is 2.27. The third kappa shape index (κ3) is 3.75. The second-order valence-electron chi connectivity index (χ2n) is 6.70. The van der Waals surface area contributed by atoms with E-state index in [0.717, 1.165) is 25.8 Å². The van der Waals surface area contributed by atoms with Crippen LogP contribution in [0.1, 0.15) is 31.7 Å². The van der Waals surface area contributed by atoms with E-state index in [1.54, 1.807) is 0 Å². The van der Waals surface area contributed by atoms with Crippen LogP contribution in [-0.4, -0.2) is 36.2 Å². The summed E-state index contributed by atoms with van der Waals surface area (Å²) in [5.41, 5.74) is 2.66. The predicted molar refractivity (Wildman–Crippen MR) is 92.5 cm³/mol. The Labute approximate surface area is 138 Å².